The highest BCUT2D eigenvalue weighted by Gasteiger charge is 2.11. The summed E-state index contributed by atoms with van der Waals surface area (Å²) in [5, 5.41) is 0. The van der Waals surface area contributed by atoms with Gasteiger partial charge in [0.2, 0.25) is 0 Å². The van der Waals surface area contributed by atoms with Gasteiger partial charge < -0.3 is 5.73 Å². The van der Waals surface area contributed by atoms with E-state index in [-0.39, 0.29) is 5.78 Å². The molecule has 0 saturated heterocycles. The van der Waals surface area contributed by atoms with Gasteiger partial charge >= 0.3 is 0 Å². The molecule has 0 radical (unpaired) electrons. The quantitative estimate of drug-likeness (QED) is 0.668. The van der Waals surface area contributed by atoms with E-state index in [4.69, 9.17) is 5.73 Å². The van der Waals surface area contributed by atoms with E-state index in [1.165, 1.54) is 11.1 Å². The van der Waals surface area contributed by atoms with E-state index in [2.05, 4.69) is 19.9 Å². The Morgan fingerprint density at radius 2 is 1.63 bits per heavy atom. The van der Waals surface area contributed by atoms with Crippen LogP contribution in [0.4, 0.5) is 5.69 Å². The molecule has 0 saturated carbocycles. The lowest BCUT2D eigenvalue weighted by molar-refractivity contribution is 0.103. The lowest BCUT2D eigenvalue weighted by Gasteiger charge is -2.08. The van der Waals surface area contributed by atoms with Crippen LogP contribution in [0.2, 0.25) is 0 Å². The van der Waals surface area contributed by atoms with Crippen LogP contribution in [0.3, 0.4) is 0 Å². The van der Waals surface area contributed by atoms with Gasteiger partial charge in [-0.25, -0.2) is 0 Å². The summed E-state index contributed by atoms with van der Waals surface area (Å²) in [6.07, 6.45) is 1.94. The van der Waals surface area contributed by atoms with Gasteiger partial charge in [0.25, 0.3) is 0 Å². The molecule has 0 aliphatic heterocycles. The molecule has 0 aromatic heterocycles. The fourth-order valence-corrected chi connectivity index (χ4v) is 2.29. The van der Waals surface area contributed by atoms with Crippen molar-refractivity contribution < 1.29 is 4.79 Å². The largest absolute Gasteiger partial charge is 0.399 e. The number of carbonyl (C=O) groups is 1. The van der Waals surface area contributed by atoms with Crippen LogP contribution in [0.5, 0.6) is 0 Å². The summed E-state index contributed by atoms with van der Waals surface area (Å²) in [5.41, 5.74) is 10.3. The molecule has 0 amide bonds. The summed E-state index contributed by atoms with van der Waals surface area (Å²) >= 11 is 0. The first-order valence-corrected chi connectivity index (χ1v) is 6.67. The Hall–Kier alpha value is -2.09. The molecule has 2 aromatic carbocycles. The normalized spacial score (nSPS) is 10.4. The summed E-state index contributed by atoms with van der Waals surface area (Å²) in [7, 11) is 0. The number of ketones is 1. The first kappa shape index (κ1) is 13.3. The number of anilines is 1. The molecule has 98 valence electrons. The van der Waals surface area contributed by atoms with Crippen LogP contribution in [0.15, 0.2) is 42.5 Å². The van der Waals surface area contributed by atoms with E-state index >= 15 is 0 Å². The molecule has 0 spiro atoms. The third kappa shape index (κ3) is 2.84. The molecule has 0 heterocycles. The molecule has 19 heavy (non-hydrogen) atoms. The van der Waals surface area contributed by atoms with Crippen molar-refractivity contribution in [3.63, 3.8) is 0 Å². The molecule has 0 atom stereocenters. The minimum Gasteiger partial charge on any atom is -0.399 e. The monoisotopic (exact) mass is 253 g/mol. The van der Waals surface area contributed by atoms with Crippen LogP contribution in [0.1, 0.15) is 40.9 Å². The number of hydrogen-bond donors (Lipinski definition) is 1. The minimum absolute atomic E-state index is 0.0321. The third-order valence-corrected chi connectivity index (χ3v) is 3.38. The molecular weight excluding hydrogens is 234 g/mol. The second kappa shape index (κ2) is 5.70. The maximum atomic E-state index is 12.4. The van der Waals surface area contributed by atoms with Crippen molar-refractivity contribution in [3.8, 4) is 0 Å². The van der Waals surface area contributed by atoms with Gasteiger partial charge in [-0.05, 0) is 42.2 Å². The van der Waals surface area contributed by atoms with Gasteiger partial charge in [-0.15, -0.1) is 0 Å². The highest BCUT2D eigenvalue weighted by Crippen LogP contribution is 2.18. The molecule has 2 nitrogen and oxygen atoms in total. The van der Waals surface area contributed by atoms with Crippen molar-refractivity contribution in [2.45, 2.75) is 26.7 Å². The fourth-order valence-electron chi connectivity index (χ4n) is 2.29. The van der Waals surface area contributed by atoms with Gasteiger partial charge in [0.05, 0.1) is 0 Å². The van der Waals surface area contributed by atoms with E-state index in [1.54, 1.807) is 18.2 Å². The van der Waals surface area contributed by atoms with Crippen molar-refractivity contribution in [1.82, 2.24) is 0 Å². The topological polar surface area (TPSA) is 43.1 Å². The van der Waals surface area contributed by atoms with E-state index in [9.17, 15) is 4.79 Å². The number of carbonyl (C=O) groups excluding carboxylic acids is 1. The van der Waals surface area contributed by atoms with Crippen LogP contribution in [-0.4, -0.2) is 5.78 Å². The summed E-state index contributed by atoms with van der Waals surface area (Å²) < 4.78 is 0. The average Bonchev–Trinajstić information content (AvgIpc) is 2.45. The van der Waals surface area contributed by atoms with Crippen molar-refractivity contribution in [1.29, 1.82) is 0 Å². The van der Waals surface area contributed by atoms with Crippen molar-refractivity contribution in [3.05, 3.63) is 64.7 Å². The Balaban J connectivity index is 2.39. The maximum Gasteiger partial charge on any atom is 0.193 e. The van der Waals surface area contributed by atoms with Gasteiger partial charge in [0.15, 0.2) is 5.78 Å². The van der Waals surface area contributed by atoms with Crippen LogP contribution < -0.4 is 5.73 Å². The SMILES string of the molecule is CCc1ccc(C(=O)c2cccc(N)c2)cc1CC. The van der Waals surface area contributed by atoms with Crippen LogP contribution in [-0.2, 0) is 12.8 Å². The molecule has 0 unspecified atom stereocenters. The Kier molecular flexibility index (Phi) is 4.00. The van der Waals surface area contributed by atoms with Gasteiger partial charge in [-0.2, -0.15) is 0 Å². The van der Waals surface area contributed by atoms with Gasteiger partial charge in [-0.3, -0.25) is 4.79 Å². The zero-order chi connectivity index (χ0) is 13.8. The lowest BCUT2D eigenvalue weighted by Crippen LogP contribution is -2.04. The Morgan fingerprint density at radius 3 is 2.26 bits per heavy atom. The summed E-state index contributed by atoms with van der Waals surface area (Å²) in [6, 6.07) is 13.1. The molecule has 2 rings (SSSR count). The van der Waals surface area contributed by atoms with Crippen LogP contribution in [0.25, 0.3) is 0 Å². The molecule has 0 aliphatic carbocycles. The molecule has 2 aromatic rings. The fraction of sp³-hybridized carbons (Fsp3) is 0.235. The predicted octanol–water partition coefficient (Wildman–Crippen LogP) is 3.62. The Bertz CT molecular complexity index is 602. The number of nitrogen functional groups attached to an aromatic ring is 1. The van der Waals surface area contributed by atoms with E-state index in [0.717, 1.165) is 18.4 Å². The van der Waals surface area contributed by atoms with E-state index in [1.807, 2.05) is 18.2 Å². The summed E-state index contributed by atoms with van der Waals surface area (Å²) in [6.45, 7) is 4.25. The van der Waals surface area contributed by atoms with Gasteiger partial charge in [0.1, 0.15) is 0 Å². The summed E-state index contributed by atoms with van der Waals surface area (Å²) in [5.74, 6) is 0.0321. The standard InChI is InChI=1S/C17H19NO/c1-3-12-8-9-15(10-13(12)4-2)17(19)14-6-5-7-16(18)11-14/h5-11H,3-4,18H2,1-2H3. The highest BCUT2D eigenvalue weighted by molar-refractivity contribution is 6.09. The van der Waals surface area contributed by atoms with Crippen molar-refractivity contribution in [2.24, 2.45) is 0 Å². The van der Waals surface area contributed by atoms with E-state index < -0.39 is 0 Å². The summed E-state index contributed by atoms with van der Waals surface area (Å²) in [4.78, 5) is 12.4. The molecule has 2 heteroatoms. The first-order valence-electron chi connectivity index (χ1n) is 6.67. The van der Waals surface area contributed by atoms with Crippen molar-refractivity contribution >= 4 is 11.5 Å². The van der Waals surface area contributed by atoms with Gasteiger partial charge in [0, 0.05) is 16.8 Å². The van der Waals surface area contributed by atoms with E-state index in [0.29, 0.717) is 11.3 Å². The minimum atomic E-state index is 0.0321. The molecule has 0 bridgehead atoms. The van der Waals surface area contributed by atoms with Crippen LogP contribution >= 0.6 is 0 Å². The number of aryl methyl sites for hydroxylation is 2. The molecular formula is C17H19NO. The van der Waals surface area contributed by atoms with Gasteiger partial charge in [-0.1, -0.05) is 38.1 Å². The zero-order valence-electron chi connectivity index (χ0n) is 11.4. The molecule has 2 N–H and O–H groups in total. The smallest absolute Gasteiger partial charge is 0.193 e. The first-order chi connectivity index (χ1) is 9.15. The predicted molar refractivity (Wildman–Crippen MR) is 79.5 cm³/mol. The second-order valence-electron chi connectivity index (χ2n) is 4.65. The second-order valence-corrected chi connectivity index (χ2v) is 4.65. The third-order valence-electron chi connectivity index (χ3n) is 3.38. The van der Waals surface area contributed by atoms with Crippen LogP contribution in [0, 0.1) is 0 Å². The Morgan fingerprint density at radius 1 is 0.947 bits per heavy atom. The maximum absolute atomic E-state index is 12.4. The number of benzene rings is 2. The highest BCUT2D eigenvalue weighted by atomic mass is 16.1. The molecule has 0 fully saturated rings. The lowest BCUT2D eigenvalue weighted by atomic mass is 9.96. The van der Waals surface area contributed by atoms with Crippen molar-refractivity contribution in [2.75, 3.05) is 5.73 Å². The number of rotatable bonds is 4. The molecule has 0 aliphatic rings. The average molecular weight is 253 g/mol. The Labute approximate surface area is 114 Å². The zero-order valence-corrected chi connectivity index (χ0v) is 11.4. The number of hydrogen-bond acceptors (Lipinski definition) is 2. The number of nitrogens with two attached hydrogens (primary N) is 1.